The third kappa shape index (κ3) is 7.80. The zero-order valence-corrected chi connectivity index (χ0v) is 8.20. The van der Waals surface area contributed by atoms with Gasteiger partial charge < -0.3 is 25.5 Å². The van der Waals surface area contributed by atoms with Crippen LogP contribution in [-0.4, -0.2) is 18.0 Å². The summed E-state index contributed by atoms with van der Waals surface area (Å²) in [7, 11) is 0. The van der Waals surface area contributed by atoms with Gasteiger partial charge in [-0.25, -0.2) is 0 Å². The van der Waals surface area contributed by atoms with Gasteiger partial charge in [0.1, 0.15) is 0 Å². The van der Waals surface area contributed by atoms with Crippen LogP contribution < -0.4 is 45.5 Å². The minimum Gasteiger partial charge on any atom is -0.550 e. The van der Waals surface area contributed by atoms with E-state index in [2.05, 4.69) is 0 Å². The molecule has 0 fully saturated rings. The monoisotopic (exact) mass is 168 g/mol. The number of carbonyl (C=O) groups is 2. The number of carboxylic acids is 2. The average Bonchev–Trinajstić information content (AvgIpc) is 1.82. The van der Waals surface area contributed by atoms with Crippen LogP contribution in [0.4, 0.5) is 0 Å². The molecule has 0 amide bonds. The Morgan fingerprint density at radius 3 is 2.09 bits per heavy atom. The molecule has 0 aliphatic carbocycles. The van der Waals surface area contributed by atoms with Gasteiger partial charge in [0, 0.05) is 12.0 Å². The van der Waals surface area contributed by atoms with Crippen molar-refractivity contribution in [2.75, 3.05) is 0 Å². The van der Waals surface area contributed by atoms with Crippen molar-refractivity contribution in [3.63, 3.8) is 0 Å². The van der Waals surface area contributed by atoms with Gasteiger partial charge in [0.05, 0.1) is 5.97 Å². The number of hydrogen-bond donors (Lipinski definition) is 1. The number of carboxylic acid groups (broad SMARTS) is 2. The maximum atomic E-state index is 9.86. The molecule has 0 saturated heterocycles. The molecule has 0 aliphatic rings. The summed E-state index contributed by atoms with van der Waals surface area (Å²) in [6.07, 6.45) is -0.500. The van der Waals surface area contributed by atoms with Gasteiger partial charge in [-0.1, -0.05) is 0 Å². The molecule has 0 bridgehead atoms. The molecule has 0 saturated carbocycles. The predicted molar refractivity (Wildman–Crippen MR) is 27.2 cm³/mol. The Kier molecular flexibility index (Phi) is 8.09. The standard InChI is InChI=1S/C5H9NO4.Na/c6-3(5(9)10)1-2-4(7)8;/h3H,1-2,6H2,(H,7,8)(H,9,10);/q;+1/p-2. The number of aliphatic carboxylic acids is 2. The van der Waals surface area contributed by atoms with Crippen molar-refractivity contribution < 1.29 is 49.4 Å². The van der Waals surface area contributed by atoms with Crippen molar-refractivity contribution in [3.8, 4) is 0 Å². The Morgan fingerprint density at radius 1 is 1.36 bits per heavy atom. The van der Waals surface area contributed by atoms with E-state index in [-0.39, 0.29) is 42.4 Å². The summed E-state index contributed by atoms with van der Waals surface area (Å²) >= 11 is 0. The Labute approximate surface area is 85.9 Å². The first-order valence-electron chi connectivity index (χ1n) is 2.70. The molecule has 0 aromatic rings. The van der Waals surface area contributed by atoms with Crippen LogP contribution in [0.5, 0.6) is 0 Å². The first-order chi connectivity index (χ1) is 4.54. The fourth-order valence-electron chi connectivity index (χ4n) is 0.391. The second kappa shape index (κ2) is 6.60. The molecule has 0 spiro atoms. The molecule has 0 heterocycles. The van der Waals surface area contributed by atoms with E-state index in [0.717, 1.165) is 0 Å². The van der Waals surface area contributed by atoms with Crippen LogP contribution in [0.25, 0.3) is 0 Å². The molecule has 0 aromatic heterocycles. The molecular weight excluding hydrogens is 161 g/mol. The average molecular weight is 168 g/mol. The molecule has 0 aromatic carbocycles. The maximum absolute atomic E-state index is 9.86. The van der Waals surface area contributed by atoms with Crippen molar-refractivity contribution in [1.29, 1.82) is 0 Å². The Bertz CT molecular complexity index is 149. The summed E-state index contributed by atoms with van der Waals surface area (Å²) in [6.45, 7) is 0. The molecule has 11 heavy (non-hydrogen) atoms. The summed E-state index contributed by atoms with van der Waals surface area (Å²) in [5, 5.41) is 19.6. The van der Waals surface area contributed by atoms with E-state index in [4.69, 9.17) is 5.73 Å². The van der Waals surface area contributed by atoms with Gasteiger partial charge in [-0.15, -0.1) is 0 Å². The van der Waals surface area contributed by atoms with Crippen LogP contribution in [0.1, 0.15) is 12.8 Å². The normalized spacial score (nSPS) is 11.4. The van der Waals surface area contributed by atoms with E-state index in [1.807, 2.05) is 0 Å². The fourth-order valence-corrected chi connectivity index (χ4v) is 0.391. The molecule has 1 unspecified atom stereocenters. The van der Waals surface area contributed by atoms with Gasteiger partial charge in [0.25, 0.3) is 0 Å². The van der Waals surface area contributed by atoms with Gasteiger partial charge in [-0.05, 0) is 12.8 Å². The number of hydrogen-bond acceptors (Lipinski definition) is 5. The zero-order valence-electron chi connectivity index (χ0n) is 6.20. The van der Waals surface area contributed by atoms with E-state index in [0.29, 0.717) is 0 Å². The van der Waals surface area contributed by atoms with Crippen LogP contribution in [0.3, 0.4) is 0 Å². The molecule has 1 atom stereocenters. The summed E-state index contributed by atoms with van der Waals surface area (Å²) in [5.41, 5.74) is 4.91. The van der Waals surface area contributed by atoms with Crippen molar-refractivity contribution in [2.45, 2.75) is 18.9 Å². The molecule has 0 rings (SSSR count). The Balaban J connectivity index is 0. The number of nitrogens with two attached hydrogens (primary N) is 1. The van der Waals surface area contributed by atoms with Crippen LogP contribution in [0, 0.1) is 0 Å². The maximum Gasteiger partial charge on any atom is 1.00 e. The number of carbonyl (C=O) groups excluding carboxylic acids is 2. The molecule has 58 valence electrons. The van der Waals surface area contributed by atoms with E-state index >= 15 is 0 Å². The Morgan fingerprint density at radius 2 is 1.82 bits per heavy atom. The van der Waals surface area contributed by atoms with Gasteiger partial charge >= 0.3 is 29.6 Å². The van der Waals surface area contributed by atoms with Crippen molar-refractivity contribution in [2.24, 2.45) is 5.73 Å². The molecule has 2 N–H and O–H groups in total. The minimum atomic E-state index is -1.44. The van der Waals surface area contributed by atoms with Gasteiger partial charge in [-0.3, -0.25) is 0 Å². The zero-order chi connectivity index (χ0) is 8.15. The van der Waals surface area contributed by atoms with Gasteiger partial charge in [0.2, 0.25) is 0 Å². The first-order valence-corrected chi connectivity index (χ1v) is 2.70. The Hall–Kier alpha value is -0.100. The molecule has 0 radical (unpaired) electrons. The molecule has 0 aliphatic heterocycles. The number of rotatable bonds is 4. The third-order valence-corrected chi connectivity index (χ3v) is 0.962. The van der Waals surface area contributed by atoms with Crippen LogP contribution >= 0.6 is 0 Å². The summed E-state index contributed by atoms with van der Waals surface area (Å²) < 4.78 is 0. The fraction of sp³-hybridized carbons (Fsp3) is 0.600. The first kappa shape index (κ1) is 13.5. The van der Waals surface area contributed by atoms with Crippen molar-refractivity contribution >= 4 is 11.9 Å². The van der Waals surface area contributed by atoms with Crippen molar-refractivity contribution in [3.05, 3.63) is 0 Å². The topological polar surface area (TPSA) is 106 Å². The van der Waals surface area contributed by atoms with Crippen LogP contribution in [0.2, 0.25) is 0 Å². The quantitative estimate of drug-likeness (QED) is 0.420. The summed E-state index contributed by atoms with van der Waals surface area (Å²) in [5.74, 6) is -2.75. The largest absolute Gasteiger partial charge is 1.00 e. The third-order valence-electron chi connectivity index (χ3n) is 0.962. The minimum absolute atomic E-state index is 0. The molecular formula is C5H7NNaO4-. The summed E-state index contributed by atoms with van der Waals surface area (Å²) in [4.78, 5) is 19.6. The van der Waals surface area contributed by atoms with E-state index in [9.17, 15) is 19.8 Å². The molecule has 5 nitrogen and oxygen atoms in total. The van der Waals surface area contributed by atoms with E-state index in [1.165, 1.54) is 0 Å². The SMILES string of the molecule is NC(CCC(=O)[O-])C(=O)[O-].[Na+]. The summed E-state index contributed by atoms with van der Waals surface area (Å²) in [6, 6.07) is -1.21. The predicted octanol–water partition coefficient (Wildman–Crippen LogP) is -6.40. The van der Waals surface area contributed by atoms with Crippen LogP contribution in [0.15, 0.2) is 0 Å². The van der Waals surface area contributed by atoms with Gasteiger partial charge in [-0.2, -0.15) is 0 Å². The van der Waals surface area contributed by atoms with E-state index < -0.39 is 18.0 Å². The van der Waals surface area contributed by atoms with Crippen molar-refractivity contribution in [1.82, 2.24) is 0 Å². The second-order valence-electron chi connectivity index (χ2n) is 1.84. The second-order valence-corrected chi connectivity index (χ2v) is 1.84. The van der Waals surface area contributed by atoms with Crippen LogP contribution in [-0.2, 0) is 9.59 Å². The van der Waals surface area contributed by atoms with E-state index in [1.54, 1.807) is 0 Å². The smallest absolute Gasteiger partial charge is 0.550 e. The molecule has 6 heteroatoms. The van der Waals surface area contributed by atoms with Gasteiger partial charge in [0.15, 0.2) is 0 Å².